The normalized spacial score (nSPS) is 11.4. The molecule has 0 aliphatic heterocycles. The minimum absolute atomic E-state index is 0.119. The number of anilines is 1. The van der Waals surface area contributed by atoms with Crippen molar-refractivity contribution in [2.24, 2.45) is 0 Å². The van der Waals surface area contributed by atoms with Crippen LogP contribution in [0, 0.1) is 0 Å². The van der Waals surface area contributed by atoms with E-state index in [0.29, 0.717) is 18.6 Å². The zero-order valence-electron chi connectivity index (χ0n) is 13.4. The maximum Gasteiger partial charge on any atom is 0.295 e. The van der Waals surface area contributed by atoms with Crippen molar-refractivity contribution in [3.05, 3.63) is 66.2 Å². The number of nitrogens with zero attached hydrogens (tertiary/aromatic N) is 6. The van der Waals surface area contributed by atoms with Crippen molar-refractivity contribution in [3.63, 3.8) is 0 Å². The Bertz CT molecular complexity index is 1060. The summed E-state index contributed by atoms with van der Waals surface area (Å²) in [6.45, 7) is 0.559. The van der Waals surface area contributed by atoms with E-state index in [9.17, 15) is 4.79 Å². The number of fused-ring (bicyclic) bond motifs is 1. The number of halogens is 1. The molecular weight excluding hydrogens is 464 g/mol. The van der Waals surface area contributed by atoms with E-state index in [4.69, 9.17) is 0 Å². The maximum absolute atomic E-state index is 12.5. The lowest BCUT2D eigenvalue weighted by Crippen LogP contribution is -2.15. The molecule has 1 N–H and O–H groups in total. The monoisotopic (exact) mass is 477 g/mol. The number of para-hydroxylation sites is 1. The van der Waals surface area contributed by atoms with Gasteiger partial charge in [-0.15, -0.1) is 10.2 Å². The summed E-state index contributed by atoms with van der Waals surface area (Å²) in [7, 11) is 0. The number of hydrogen-bond donors (Lipinski definition) is 1. The van der Waals surface area contributed by atoms with Crippen molar-refractivity contribution in [2.75, 3.05) is 5.32 Å². The molecule has 1 amide bonds. The summed E-state index contributed by atoms with van der Waals surface area (Å²) < 4.78 is 3.40. The number of nitrogens with one attached hydrogen (secondary N) is 1. The molecule has 26 heavy (non-hydrogen) atoms. The molecule has 10 heteroatoms. The van der Waals surface area contributed by atoms with E-state index in [-0.39, 0.29) is 11.7 Å². The summed E-state index contributed by atoms with van der Waals surface area (Å²) in [5.41, 5.74) is 3.25. The van der Waals surface area contributed by atoms with E-state index < -0.39 is 0 Å². The number of aromatic nitrogens is 6. The van der Waals surface area contributed by atoms with Gasteiger partial charge in [-0.1, -0.05) is 41.6 Å². The van der Waals surface area contributed by atoms with Crippen LogP contribution in [-0.4, -0.2) is 35.4 Å². The molecular formula is C16H13IN7OP. The second-order valence-electron chi connectivity index (χ2n) is 5.46. The molecule has 0 bridgehead atoms. The van der Waals surface area contributed by atoms with E-state index in [1.54, 1.807) is 15.5 Å². The Morgan fingerprint density at radius 1 is 1.15 bits per heavy atom. The third-order valence-corrected chi connectivity index (χ3v) is 5.57. The number of amides is 1. The highest BCUT2D eigenvalue weighted by molar-refractivity contribution is 14.2. The van der Waals surface area contributed by atoms with E-state index >= 15 is 0 Å². The van der Waals surface area contributed by atoms with Gasteiger partial charge in [0.15, 0.2) is 0 Å². The molecule has 2 aromatic carbocycles. The fourth-order valence-electron chi connectivity index (χ4n) is 2.56. The van der Waals surface area contributed by atoms with Crippen molar-refractivity contribution < 1.29 is 4.79 Å². The van der Waals surface area contributed by atoms with Crippen LogP contribution in [0.15, 0.2) is 54.9 Å². The Morgan fingerprint density at radius 2 is 2.00 bits per heavy atom. The quantitative estimate of drug-likeness (QED) is 0.353. The highest BCUT2D eigenvalue weighted by atomic mass is 127. The van der Waals surface area contributed by atoms with Gasteiger partial charge in [-0.3, -0.25) is 4.79 Å². The summed E-state index contributed by atoms with van der Waals surface area (Å²) in [5, 5.41) is 15.3. The van der Waals surface area contributed by atoms with Crippen molar-refractivity contribution in [1.29, 1.82) is 0 Å². The number of benzene rings is 2. The van der Waals surface area contributed by atoms with Gasteiger partial charge in [-0.05, 0) is 39.7 Å². The first-order valence-corrected chi connectivity index (χ1v) is 11.8. The predicted octanol–water partition coefficient (Wildman–Crippen LogP) is 3.12. The molecule has 130 valence electrons. The van der Waals surface area contributed by atoms with Gasteiger partial charge in [-0.25, -0.2) is 14.1 Å². The summed E-state index contributed by atoms with van der Waals surface area (Å²) >= 11 is 2.22. The lowest BCUT2D eigenvalue weighted by atomic mass is 10.2. The fourth-order valence-corrected chi connectivity index (χ4v) is 3.97. The molecule has 4 aromatic rings. The molecule has 0 spiro atoms. The second kappa shape index (κ2) is 7.46. The standard InChI is InChI=1S/C16H13IN7OP/c17-26-24-14-12(7-4-8-13(14)20-22-24)19-16(25)15-18-10-23(21-15)9-11-5-2-1-3-6-11/h1-8,10,26H,9H2,(H,19,25). The number of hydrogen-bond acceptors (Lipinski definition) is 5. The van der Waals surface area contributed by atoms with Gasteiger partial charge in [0.05, 0.1) is 18.6 Å². The van der Waals surface area contributed by atoms with Crippen LogP contribution in [0.5, 0.6) is 0 Å². The van der Waals surface area contributed by atoms with Crippen molar-refractivity contribution in [1.82, 2.24) is 29.5 Å². The Hall–Kier alpha value is -2.39. The summed E-state index contributed by atoms with van der Waals surface area (Å²) in [5.74, 6) is -0.247. The molecule has 0 saturated heterocycles. The lowest BCUT2D eigenvalue weighted by molar-refractivity contribution is 0.101. The van der Waals surface area contributed by atoms with Gasteiger partial charge in [-0.2, -0.15) is 0 Å². The molecule has 4 rings (SSSR count). The fraction of sp³-hybridized carbons (Fsp3) is 0.0625. The Balaban J connectivity index is 1.55. The number of carbonyl (C=O) groups is 1. The van der Waals surface area contributed by atoms with Crippen LogP contribution in [0.1, 0.15) is 16.2 Å². The molecule has 0 radical (unpaired) electrons. The van der Waals surface area contributed by atoms with Gasteiger partial charge in [0, 0.05) is 0 Å². The Kier molecular flexibility index (Phi) is 4.89. The molecule has 2 aromatic heterocycles. The molecule has 2 heterocycles. The predicted molar refractivity (Wildman–Crippen MR) is 109 cm³/mol. The van der Waals surface area contributed by atoms with Crippen LogP contribution >= 0.6 is 28.4 Å². The molecule has 0 fully saturated rings. The minimum Gasteiger partial charge on any atom is -0.317 e. The van der Waals surface area contributed by atoms with Crippen molar-refractivity contribution in [3.8, 4) is 0 Å². The van der Waals surface area contributed by atoms with E-state index in [0.717, 1.165) is 16.6 Å². The third kappa shape index (κ3) is 3.45. The Labute approximate surface area is 163 Å². The van der Waals surface area contributed by atoms with Gasteiger partial charge in [0.1, 0.15) is 17.4 Å². The van der Waals surface area contributed by atoms with Gasteiger partial charge >= 0.3 is 0 Å². The topological polar surface area (TPSA) is 90.5 Å². The van der Waals surface area contributed by atoms with Crippen LogP contribution in [0.4, 0.5) is 5.69 Å². The molecule has 1 atom stereocenters. The average molecular weight is 477 g/mol. The van der Waals surface area contributed by atoms with Crippen LogP contribution in [0.2, 0.25) is 0 Å². The first-order valence-electron chi connectivity index (χ1n) is 7.70. The summed E-state index contributed by atoms with van der Waals surface area (Å²) in [4.78, 5) is 16.7. The van der Waals surface area contributed by atoms with Crippen molar-refractivity contribution >= 4 is 51.0 Å². The number of rotatable bonds is 5. The lowest BCUT2D eigenvalue weighted by Gasteiger charge is -2.05. The Morgan fingerprint density at radius 3 is 2.81 bits per heavy atom. The van der Waals surface area contributed by atoms with Gasteiger partial charge in [0.2, 0.25) is 5.82 Å². The van der Waals surface area contributed by atoms with E-state index in [2.05, 4.69) is 47.8 Å². The van der Waals surface area contributed by atoms with Crippen molar-refractivity contribution in [2.45, 2.75) is 6.54 Å². The van der Waals surface area contributed by atoms with Crippen LogP contribution in [-0.2, 0) is 6.54 Å². The molecule has 0 aliphatic rings. The zero-order chi connectivity index (χ0) is 17.9. The van der Waals surface area contributed by atoms with Crippen LogP contribution in [0.25, 0.3) is 11.0 Å². The highest BCUT2D eigenvalue weighted by Crippen LogP contribution is 2.31. The number of carbonyl (C=O) groups excluding carboxylic acids is 1. The second-order valence-corrected chi connectivity index (χ2v) is 7.50. The molecule has 0 saturated carbocycles. The molecule has 8 nitrogen and oxygen atoms in total. The maximum atomic E-state index is 12.5. The van der Waals surface area contributed by atoms with Gasteiger partial charge in [0.25, 0.3) is 5.91 Å². The summed E-state index contributed by atoms with van der Waals surface area (Å²) in [6.07, 6.45) is 1.94. The van der Waals surface area contributed by atoms with Crippen LogP contribution in [0.3, 0.4) is 0 Å². The average Bonchev–Trinajstić information content (AvgIpc) is 3.30. The largest absolute Gasteiger partial charge is 0.317 e. The smallest absolute Gasteiger partial charge is 0.295 e. The first-order chi connectivity index (χ1) is 12.7. The third-order valence-electron chi connectivity index (χ3n) is 3.72. The SMILES string of the molecule is O=C(Nc1cccc2nnn(PI)c12)c1ncn(Cc2ccccc2)n1. The van der Waals surface area contributed by atoms with E-state index in [1.165, 1.54) is 0 Å². The molecule has 1 unspecified atom stereocenters. The van der Waals surface area contributed by atoms with Crippen LogP contribution < -0.4 is 5.32 Å². The minimum atomic E-state index is -0.367. The highest BCUT2D eigenvalue weighted by Gasteiger charge is 2.16. The summed E-state index contributed by atoms with van der Waals surface area (Å²) in [6, 6.07) is 15.4. The first kappa shape index (κ1) is 17.0. The van der Waals surface area contributed by atoms with Gasteiger partial charge < -0.3 is 5.32 Å². The van der Waals surface area contributed by atoms with E-state index in [1.807, 2.05) is 48.5 Å². The molecule has 0 aliphatic carbocycles. The zero-order valence-corrected chi connectivity index (χ0v) is 16.5.